The number of halogens is 2. The zero-order valence-electron chi connectivity index (χ0n) is 16.3. The van der Waals surface area contributed by atoms with Crippen molar-refractivity contribution in [2.24, 2.45) is 16.8 Å². The van der Waals surface area contributed by atoms with Crippen molar-refractivity contribution in [2.75, 3.05) is 33.2 Å². The predicted molar refractivity (Wildman–Crippen MR) is 119 cm³/mol. The van der Waals surface area contributed by atoms with E-state index in [2.05, 4.69) is 34.4 Å². The monoisotopic (exact) mass is 476 g/mol. The SMILES string of the molecule is CN=C(NCCCCN1CC(C)CC(C)C1)NCc1ccc(F)cc1.I. The van der Waals surface area contributed by atoms with E-state index in [0.29, 0.717) is 6.54 Å². The molecule has 2 rings (SSSR count). The first kappa shape index (κ1) is 23.1. The molecule has 26 heavy (non-hydrogen) atoms. The van der Waals surface area contributed by atoms with Gasteiger partial charge in [-0.2, -0.15) is 0 Å². The number of likely N-dealkylation sites (tertiary alicyclic amines) is 1. The summed E-state index contributed by atoms with van der Waals surface area (Å²) in [6, 6.07) is 6.54. The van der Waals surface area contributed by atoms with E-state index in [9.17, 15) is 4.39 Å². The van der Waals surface area contributed by atoms with Gasteiger partial charge in [-0.3, -0.25) is 4.99 Å². The maximum Gasteiger partial charge on any atom is 0.191 e. The van der Waals surface area contributed by atoms with Gasteiger partial charge in [0.1, 0.15) is 5.82 Å². The van der Waals surface area contributed by atoms with Crippen molar-refractivity contribution in [2.45, 2.75) is 39.7 Å². The number of hydrogen-bond acceptors (Lipinski definition) is 2. The fourth-order valence-corrected chi connectivity index (χ4v) is 3.65. The fourth-order valence-electron chi connectivity index (χ4n) is 3.65. The first-order chi connectivity index (χ1) is 12.1. The second-order valence-electron chi connectivity index (χ2n) is 7.39. The molecule has 0 saturated carbocycles. The molecule has 0 aromatic heterocycles. The van der Waals surface area contributed by atoms with Crippen LogP contribution in [0.4, 0.5) is 4.39 Å². The molecule has 2 atom stereocenters. The number of rotatable bonds is 7. The molecular weight excluding hydrogens is 442 g/mol. The molecule has 1 aromatic rings. The van der Waals surface area contributed by atoms with E-state index in [0.717, 1.165) is 36.3 Å². The van der Waals surface area contributed by atoms with Gasteiger partial charge < -0.3 is 15.5 Å². The van der Waals surface area contributed by atoms with Crippen LogP contribution in [0.25, 0.3) is 0 Å². The van der Waals surface area contributed by atoms with Crippen LogP contribution < -0.4 is 10.6 Å². The Kier molecular flexibility index (Phi) is 11.1. The third kappa shape index (κ3) is 8.66. The minimum absolute atomic E-state index is 0. The van der Waals surface area contributed by atoms with Gasteiger partial charge in [0.2, 0.25) is 0 Å². The number of aliphatic imine (C=N–C) groups is 1. The zero-order chi connectivity index (χ0) is 18.1. The number of guanidine groups is 1. The molecule has 1 aromatic carbocycles. The third-order valence-electron chi connectivity index (χ3n) is 4.73. The van der Waals surface area contributed by atoms with E-state index in [1.54, 1.807) is 19.2 Å². The first-order valence-electron chi connectivity index (χ1n) is 9.48. The van der Waals surface area contributed by atoms with Crippen molar-refractivity contribution in [1.29, 1.82) is 0 Å². The van der Waals surface area contributed by atoms with Crippen molar-refractivity contribution >= 4 is 29.9 Å². The quantitative estimate of drug-likeness (QED) is 0.272. The molecule has 0 radical (unpaired) electrons. The maximum absolute atomic E-state index is 12.9. The lowest BCUT2D eigenvalue weighted by molar-refractivity contribution is 0.139. The molecule has 4 nitrogen and oxygen atoms in total. The lowest BCUT2D eigenvalue weighted by Crippen LogP contribution is -2.40. The normalized spacial score (nSPS) is 21.2. The van der Waals surface area contributed by atoms with Gasteiger partial charge in [-0.05, 0) is 55.3 Å². The number of piperidine rings is 1. The van der Waals surface area contributed by atoms with Gasteiger partial charge >= 0.3 is 0 Å². The lowest BCUT2D eigenvalue weighted by atomic mass is 9.92. The third-order valence-corrected chi connectivity index (χ3v) is 4.73. The Balaban J connectivity index is 0.00000338. The van der Waals surface area contributed by atoms with E-state index in [-0.39, 0.29) is 29.8 Å². The average Bonchev–Trinajstić information content (AvgIpc) is 2.58. The summed E-state index contributed by atoms with van der Waals surface area (Å²) in [6.07, 6.45) is 3.71. The van der Waals surface area contributed by atoms with Crippen molar-refractivity contribution < 1.29 is 4.39 Å². The Labute approximate surface area is 175 Å². The Morgan fingerprint density at radius 3 is 2.38 bits per heavy atom. The van der Waals surface area contributed by atoms with Crippen LogP contribution in [0.1, 0.15) is 38.7 Å². The van der Waals surface area contributed by atoms with E-state index < -0.39 is 0 Å². The molecule has 0 aliphatic carbocycles. The molecule has 0 spiro atoms. The topological polar surface area (TPSA) is 39.7 Å². The minimum atomic E-state index is -0.205. The summed E-state index contributed by atoms with van der Waals surface area (Å²) >= 11 is 0. The Morgan fingerprint density at radius 2 is 1.77 bits per heavy atom. The van der Waals surface area contributed by atoms with Crippen LogP contribution in [0.5, 0.6) is 0 Å². The molecule has 1 heterocycles. The van der Waals surface area contributed by atoms with Crippen LogP contribution in [-0.2, 0) is 6.54 Å². The highest BCUT2D eigenvalue weighted by Crippen LogP contribution is 2.20. The van der Waals surface area contributed by atoms with Crippen LogP contribution in [0.2, 0.25) is 0 Å². The van der Waals surface area contributed by atoms with Gasteiger partial charge in [0.25, 0.3) is 0 Å². The highest BCUT2D eigenvalue weighted by molar-refractivity contribution is 14.0. The highest BCUT2D eigenvalue weighted by atomic mass is 127. The van der Waals surface area contributed by atoms with E-state index in [1.807, 2.05) is 0 Å². The summed E-state index contributed by atoms with van der Waals surface area (Å²) in [7, 11) is 1.77. The van der Waals surface area contributed by atoms with Crippen molar-refractivity contribution in [3.63, 3.8) is 0 Å². The number of nitrogens with one attached hydrogen (secondary N) is 2. The lowest BCUT2D eigenvalue weighted by Gasteiger charge is -2.34. The number of hydrogen-bond donors (Lipinski definition) is 2. The van der Waals surface area contributed by atoms with Crippen LogP contribution in [0.15, 0.2) is 29.3 Å². The van der Waals surface area contributed by atoms with Gasteiger partial charge in [-0.15, -0.1) is 24.0 Å². The Hall–Kier alpha value is -0.890. The van der Waals surface area contributed by atoms with Crippen LogP contribution >= 0.6 is 24.0 Å². The van der Waals surface area contributed by atoms with Gasteiger partial charge in [0.05, 0.1) is 0 Å². The van der Waals surface area contributed by atoms with Crippen LogP contribution in [0.3, 0.4) is 0 Å². The van der Waals surface area contributed by atoms with Crippen molar-refractivity contribution in [3.05, 3.63) is 35.6 Å². The molecule has 2 unspecified atom stereocenters. The summed E-state index contributed by atoms with van der Waals surface area (Å²) in [5.74, 6) is 2.25. The Morgan fingerprint density at radius 1 is 1.12 bits per heavy atom. The predicted octanol–water partition coefficient (Wildman–Crippen LogP) is 3.87. The smallest absolute Gasteiger partial charge is 0.191 e. The summed E-state index contributed by atoms with van der Waals surface area (Å²) < 4.78 is 12.9. The maximum atomic E-state index is 12.9. The molecule has 148 valence electrons. The fraction of sp³-hybridized carbons (Fsp3) is 0.650. The molecule has 6 heteroatoms. The summed E-state index contributed by atoms with van der Waals surface area (Å²) in [5.41, 5.74) is 1.04. The molecule has 1 aliphatic heterocycles. The van der Waals surface area contributed by atoms with Crippen molar-refractivity contribution in [3.8, 4) is 0 Å². The van der Waals surface area contributed by atoms with Crippen LogP contribution in [-0.4, -0.2) is 44.1 Å². The molecule has 1 aliphatic rings. The van der Waals surface area contributed by atoms with Crippen LogP contribution in [0, 0.1) is 17.7 Å². The number of unbranched alkanes of at least 4 members (excludes halogenated alkanes) is 1. The van der Waals surface area contributed by atoms with E-state index >= 15 is 0 Å². The van der Waals surface area contributed by atoms with Gasteiger partial charge in [-0.25, -0.2) is 4.39 Å². The minimum Gasteiger partial charge on any atom is -0.356 e. The van der Waals surface area contributed by atoms with Gasteiger partial charge in [0, 0.05) is 33.2 Å². The Bertz CT molecular complexity index is 525. The second-order valence-corrected chi connectivity index (χ2v) is 7.39. The standard InChI is InChI=1S/C20H33FN4.HI/c1-16-12-17(2)15-25(14-16)11-5-4-10-23-20(22-3)24-13-18-6-8-19(21)9-7-18;/h6-9,16-17H,4-5,10-15H2,1-3H3,(H2,22,23,24);1H. The molecule has 2 N–H and O–H groups in total. The zero-order valence-corrected chi connectivity index (χ0v) is 18.6. The van der Waals surface area contributed by atoms with Gasteiger partial charge in [-0.1, -0.05) is 26.0 Å². The summed E-state index contributed by atoms with van der Waals surface area (Å²) in [6.45, 7) is 9.98. The van der Waals surface area contributed by atoms with E-state index in [4.69, 9.17) is 0 Å². The summed E-state index contributed by atoms with van der Waals surface area (Å²) in [5, 5.41) is 6.62. The molecule has 0 amide bonds. The van der Waals surface area contributed by atoms with E-state index in [1.165, 1.54) is 44.6 Å². The molecule has 0 bridgehead atoms. The number of nitrogens with zero attached hydrogens (tertiary/aromatic N) is 2. The number of benzene rings is 1. The molecule has 1 fully saturated rings. The molecule has 1 saturated heterocycles. The second kappa shape index (κ2) is 12.5. The van der Waals surface area contributed by atoms with Crippen molar-refractivity contribution in [1.82, 2.24) is 15.5 Å². The average molecular weight is 476 g/mol. The molecular formula is C20H34FIN4. The largest absolute Gasteiger partial charge is 0.356 e. The first-order valence-corrected chi connectivity index (χ1v) is 9.48. The van der Waals surface area contributed by atoms with Gasteiger partial charge in [0.15, 0.2) is 5.96 Å². The highest BCUT2D eigenvalue weighted by Gasteiger charge is 2.20. The summed E-state index contributed by atoms with van der Waals surface area (Å²) in [4.78, 5) is 6.85.